The molecule has 2 aromatic rings. The van der Waals surface area contributed by atoms with Crippen LogP contribution in [0.4, 0.5) is 0 Å². The third-order valence-electron chi connectivity index (χ3n) is 2.31. The fourth-order valence-corrected chi connectivity index (χ4v) is 2.11. The van der Waals surface area contributed by atoms with E-state index in [1.807, 2.05) is 0 Å². The van der Waals surface area contributed by atoms with Gasteiger partial charge in [-0.1, -0.05) is 23.2 Å². The van der Waals surface area contributed by atoms with E-state index in [2.05, 4.69) is 26.2 Å². The Hall–Kier alpha value is -1.04. The molecule has 0 bridgehead atoms. The molecule has 18 heavy (non-hydrogen) atoms. The number of benzene rings is 1. The van der Waals surface area contributed by atoms with Crippen molar-refractivity contribution in [2.24, 2.45) is 0 Å². The highest BCUT2D eigenvalue weighted by Gasteiger charge is 2.10. The van der Waals surface area contributed by atoms with Crippen LogP contribution < -0.4 is 5.32 Å². The van der Waals surface area contributed by atoms with Crippen LogP contribution in [0.3, 0.4) is 0 Å². The number of aromatic nitrogens is 2. The Morgan fingerprint density at radius 1 is 1.39 bits per heavy atom. The van der Waals surface area contributed by atoms with Crippen molar-refractivity contribution in [3.05, 3.63) is 44.9 Å². The maximum atomic E-state index is 11.4. The second-order valence-corrected chi connectivity index (χ2v) is 5.08. The highest BCUT2D eigenvalue weighted by Crippen LogP contribution is 2.32. The van der Waals surface area contributed by atoms with Crippen LogP contribution in [0.5, 0.6) is 0 Å². The molecular weight excluding hydrogens is 341 g/mol. The van der Waals surface area contributed by atoms with Crippen LogP contribution >= 0.6 is 39.1 Å². The van der Waals surface area contributed by atoms with Gasteiger partial charge in [-0.25, -0.2) is 4.98 Å². The van der Waals surface area contributed by atoms with E-state index in [1.165, 1.54) is 6.33 Å². The fourth-order valence-electron chi connectivity index (χ4n) is 1.40. The van der Waals surface area contributed by atoms with Crippen LogP contribution in [-0.4, -0.2) is 22.5 Å². The predicted molar refractivity (Wildman–Crippen MR) is 74.7 cm³/mol. The summed E-state index contributed by atoms with van der Waals surface area (Å²) in [6.07, 6.45) is 3.13. The van der Waals surface area contributed by atoms with Crippen LogP contribution in [0.15, 0.2) is 29.1 Å². The molecule has 4 nitrogen and oxygen atoms in total. The summed E-state index contributed by atoms with van der Waals surface area (Å²) in [4.78, 5) is 15.4. The van der Waals surface area contributed by atoms with Gasteiger partial charge in [0.05, 0.1) is 14.5 Å². The van der Waals surface area contributed by atoms with E-state index >= 15 is 0 Å². The average molecular weight is 349 g/mol. The summed E-state index contributed by atoms with van der Waals surface area (Å²) in [6, 6.07) is 3.46. The summed E-state index contributed by atoms with van der Waals surface area (Å²) in [5.41, 5.74) is 1.06. The molecule has 0 saturated carbocycles. The Morgan fingerprint density at radius 3 is 2.56 bits per heavy atom. The Labute approximate surface area is 122 Å². The summed E-state index contributed by atoms with van der Waals surface area (Å²) in [7, 11) is 1.55. The zero-order valence-corrected chi connectivity index (χ0v) is 12.3. The van der Waals surface area contributed by atoms with Crippen LogP contribution in [0, 0.1) is 0 Å². The quantitative estimate of drug-likeness (QED) is 0.846. The van der Waals surface area contributed by atoms with E-state index in [-0.39, 0.29) is 5.91 Å². The second kappa shape index (κ2) is 5.30. The van der Waals surface area contributed by atoms with Crippen molar-refractivity contribution in [1.29, 1.82) is 0 Å². The van der Waals surface area contributed by atoms with Crippen molar-refractivity contribution in [3.8, 4) is 5.69 Å². The third-order valence-corrected chi connectivity index (χ3v) is 4.22. The standard InChI is InChI=1S/C11H8BrCl2N3O/c1-15-11(18)9-4-17(5-16-9)6-2-7(13)10(12)8(14)3-6/h2-5H,1H3,(H,15,18). The number of halogens is 3. The van der Waals surface area contributed by atoms with E-state index in [0.29, 0.717) is 20.2 Å². The van der Waals surface area contributed by atoms with Gasteiger partial charge in [0, 0.05) is 18.9 Å². The molecule has 7 heteroatoms. The molecule has 1 aromatic heterocycles. The number of rotatable bonds is 2. The van der Waals surface area contributed by atoms with E-state index in [9.17, 15) is 4.79 Å². The number of carbonyl (C=O) groups excluding carboxylic acids is 1. The van der Waals surface area contributed by atoms with Crippen LogP contribution in [0.25, 0.3) is 5.69 Å². The minimum Gasteiger partial charge on any atom is -0.354 e. The molecule has 0 unspecified atom stereocenters. The lowest BCUT2D eigenvalue weighted by atomic mass is 10.3. The van der Waals surface area contributed by atoms with Crippen molar-refractivity contribution in [3.63, 3.8) is 0 Å². The summed E-state index contributed by atoms with van der Waals surface area (Å²) >= 11 is 15.3. The molecule has 0 saturated heterocycles. The maximum absolute atomic E-state index is 11.4. The maximum Gasteiger partial charge on any atom is 0.271 e. The Balaban J connectivity index is 2.43. The first-order valence-corrected chi connectivity index (χ1v) is 6.49. The van der Waals surface area contributed by atoms with Crippen LogP contribution in [0.2, 0.25) is 10.0 Å². The van der Waals surface area contributed by atoms with E-state index in [4.69, 9.17) is 23.2 Å². The first-order valence-electron chi connectivity index (χ1n) is 4.94. The predicted octanol–water partition coefficient (Wildman–Crippen LogP) is 3.30. The molecule has 0 fully saturated rings. The summed E-state index contributed by atoms with van der Waals surface area (Å²) in [5.74, 6) is -0.247. The number of imidazole rings is 1. The zero-order chi connectivity index (χ0) is 13.3. The monoisotopic (exact) mass is 347 g/mol. The lowest BCUT2D eigenvalue weighted by molar-refractivity contribution is 0.0958. The SMILES string of the molecule is CNC(=O)c1cn(-c2cc(Cl)c(Br)c(Cl)c2)cn1. The van der Waals surface area contributed by atoms with Gasteiger partial charge in [-0.15, -0.1) is 0 Å². The molecule has 1 N–H and O–H groups in total. The topological polar surface area (TPSA) is 46.9 Å². The van der Waals surface area contributed by atoms with Gasteiger partial charge < -0.3 is 9.88 Å². The average Bonchev–Trinajstić information content (AvgIpc) is 2.84. The summed E-state index contributed by atoms with van der Waals surface area (Å²) in [6.45, 7) is 0. The number of amides is 1. The number of hydrogen-bond donors (Lipinski definition) is 1. The minimum absolute atomic E-state index is 0.247. The first-order chi connectivity index (χ1) is 8.52. The zero-order valence-electron chi connectivity index (χ0n) is 9.25. The largest absolute Gasteiger partial charge is 0.354 e. The third kappa shape index (κ3) is 2.53. The van der Waals surface area contributed by atoms with E-state index in [1.54, 1.807) is 29.9 Å². The molecule has 0 aliphatic carbocycles. The number of nitrogens with one attached hydrogen (secondary N) is 1. The molecule has 1 amide bonds. The van der Waals surface area contributed by atoms with Crippen molar-refractivity contribution < 1.29 is 4.79 Å². The van der Waals surface area contributed by atoms with E-state index in [0.717, 1.165) is 5.69 Å². The van der Waals surface area contributed by atoms with E-state index < -0.39 is 0 Å². The Kier molecular flexibility index (Phi) is 3.94. The van der Waals surface area contributed by atoms with Gasteiger partial charge in [-0.2, -0.15) is 0 Å². The molecule has 0 aliphatic rings. The van der Waals surface area contributed by atoms with Gasteiger partial charge in [0.15, 0.2) is 0 Å². The Morgan fingerprint density at radius 2 is 2.00 bits per heavy atom. The van der Waals surface area contributed by atoms with Crippen LogP contribution in [0.1, 0.15) is 10.5 Å². The first kappa shape index (κ1) is 13.4. The van der Waals surface area contributed by atoms with Crippen LogP contribution in [-0.2, 0) is 0 Å². The van der Waals surface area contributed by atoms with Gasteiger partial charge in [0.2, 0.25) is 0 Å². The van der Waals surface area contributed by atoms with Gasteiger partial charge in [0.1, 0.15) is 12.0 Å². The van der Waals surface area contributed by atoms with Gasteiger partial charge in [0.25, 0.3) is 5.91 Å². The fraction of sp³-hybridized carbons (Fsp3) is 0.0909. The van der Waals surface area contributed by atoms with Crippen molar-refractivity contribution in [2.45, 2.75) is 0 Å². The van der Waals surface area contributed by atoms with Gasteiger partial charge >= 0.3 is 0 Å². The molecule has 1 aromatic carbocycles. The van der Waals surface area contributed by atoms with Gasteiger partial charge in [-0.05, 0) is 28.1 Å². The number of carbonyl (C=O) groups is 1. The van der Waals surface area contributed by atoms with Crippen molar-refractivity contribution >= 4 is 45.0 Å². The lowest BCUT2D eigenvalue weighted by Gasteiger charge is -2.05. The highest BCUT2D eigenvalue weighted by molar-refractivity contribution is 9.10. The molecule has 0 radical (unpaired) electrons. The number of hydrogen-bond acceptors (Lipinski definition) is 2. The summed E-state index contributed by atoms with van der Waals surface area (Å²) < 4.78 is 2.32. The smallest absolute Gasteiger partial charge is 0.271 e. The lowest BCUT2D eigenvalue weighted by Crippen LogP contribution is -2.17. The Bertz CT molecular complexity index is 589. The number of nitrogens with zero attached hydrogens (tertiary/aromatic N) is 2. The molecule has 0 aliphatic heterocycles. The molecule has 0 spiro atoms. The minimum atomic E-state index is -0.247. The van der Waals surface area contributed by atoms with Crippen molar-refractivity contribution in [1.82, 2.24) is 14.9 Å². The molecule has 94 valence electrons. The highest BCUT2D eigenvalue weighted by atomic mass is 79.9. The molecule has 1 heterocycles. The second-order valence-electron chi connectivity index (χ2n) is 3.47. The molecule has 0 atom stereocenters. The molecule has 2 rings (SSSR count). The normalized spacial score (nSPS) is 10.4. The molecular formula is C11H8BrCl2N3O. The van der Waals surface area contributed by atoms with Crippen molar-refractivity contribution in [2.75, 3.05) is 7.05 Å². The summed E-state index contributed by atoms with van der Waals surface area (Å²) in [5, 5.41) is 3.49. The van der Waals surface area contributed by atoms with Gasteiger partial charge in [-0.3, -0.25) is 4.79 Å².